The van der Waals surface area contributed by atoms with Crippen LogP contribution < -0.4 is 0 Å². The van der Waals surface area contributed by atoms with Gasteiger partial charge in [-0.2, -0.15) is 0 Å². The van der Waals surface area contributed by atoms with E-state index in [1.54, 1.807) is 24.5 Å². The predicted molar refractivity (Wildman–Crippen MR) is 82.2 cm³/mol. The van der Waals surface area contributed by atoms with Crippen LogP contribution in [0.15, 0.2) is 45.1 Å². The zero-order chi connectivity index (χ0) is 14.8. The second-order valence-electron chi connectivity index (χ2n) is 4.68. The van der Waals surface area contributed by atoms with Crippen LogP contribution in [0.3, 0.4) is 0 Å². The largest absolute Gasteiger partial charge is 0.411 e. The lowest BCUT2D eigenvalue weighted by Gasteiger charge is -2.09. The van der Waals surface area contributed by atoms with E-state index >= 15 is 0 Å². The van der Waals surface area contributed by atoms with Crippen molar-refractivity contribution in [2.45, 2.75) is 12.8 Å². The molecule has 0 fully saturated rings. The lowest BCUT2D eigenvalue weighted by molar-refractivity contribution is 0.318. The number of benzene rings is 1. The zero-order valence-corrected chi connectivity index (χ0v) is 12.5. The van der Waals surface area contributed by atoms with Crippen molar-refractivity contribution < 1.29 is 9.60 Å². The Hall–Kier alpha value is -2.08. The van der Waals surface area contributed by atoms with E-state index in [4.69, 9.17) is 0 Å². The number of hydrogen-bond donors (Lipinski definition) is 1. The molecule has 1 aromatic carbocycles. The monoisotopic (exact) mass is 347 g/mol. The summed E-state index contributed by atoms with van der Waals surface area (Å²) in [6.45, 7) is 0. The summed E-state index contributed by atoms with van der Waals surface area (Å²) in [6.07, 6.45) is 4.38. The Morgan fingerprint density at radius 3 is 3.00 bits per heavy atom. The molecule has 0 radical (unpaired) electrons. The van der Waals surface area contributed by atoms with Gasteiger partial charge in [-0.25, -0.2) is 14.4 Å². The minimum Gasteiger partial charge on any atom is -0.411 e. The van der Waals surface area contributed by atoms with Gasteiger partial charge in [0.05, 0.1) is 5.71 Å². The smallest absolute Gasteiger partial charge is 0.155 e. The summed E-state index contributed by atoms with van der Waals surface area (Å²) in [6, 6.07) is 6.40. The molecule has 0 saturated heterocycles. The summed E-state index contributed by atoms with van der Waals surface area (Å²) >= 11 is 3.26. The summed E-state index contributed by atoms with van der Waals surface area (Å²) in [4.78, 5) is 8.34. The quantitative estimate of drug-likeness (QED) is 0.523. The van der Waals surface area contributed by atoms with Gasteiger partial charge in [0.15, 0.2) is 5.82 Å². The van der Waals surface area contributed by atoms with Gasteiger partial charge >= 0.3 is 0 Å². The van der Waals surface area contributed by atoms with Gasteiger partial charge in [0.1, 0.15) is 5.82 Å². The lowest BCUT2D eigenvalue weighted by Crippen LogP contribution is -2.09. The van der Waals surface area contributed by atoms with E-state index in [0.717, 1.165) is 16.7 Å². The van der Waals surface area contributed by atoms with Gasteiger partial charge in [0.2, 0.25) is 0 Å². The predicted octanol–water partition coefficient (Wildman–Crippen LogP) is 3.66. The number of halogens is 2. The zero-order valence-electron chi connectivity index (χ0n) is 10.9. The molecule has 0 saturated carbocycles. The van der Waals surface area contributed by atoms with Crippen molar-refractivity contribution in [1.29, 1.82) is 0 Å². The molecule has 6 heteroatoms. The lowest BCUT2D eigenvalue weighted by atomic mass is 9.98. The average molecular weight is 348 g/mol. The first-order valence-electron chi connectivity index (χ1n) is 6.34. The number of aromatic nitrogens is 1. The number of aliphatic imine (C=N–C) groups is 1. The maximum absolute atomic E-state index is 13.4. The van der Waals surface area contributed by atoms with E-state index in [-0.39, 0.29) is 5.82 Å². The number of oxime groups is 1. The van der Waals surface area contributed by atoms with Gasteiger partial charge in [-0.3, -0.25) is 0 Å². The summed E-state index contributed by atoms with van der Waals surface area (Å²) in [5, 5.41) is 12.7. The fourth-order valence-corrected chi connectivity index (χ4v) is 2.89. The van der Waals surface area contributed by atoms with Crippen molar-refractivity contribution >= 4 is 33.7 Å². The third kappa shape index (κ3) is 2.85. The van der Waals surface area contributed by atoms with Crippen molar-refractivity contribution in [3.8, 4) is 0 Å². The summed E-state index contributed by atoms with van der Waals surface area (Å²) in [5.41, 5.74) is 2.91. The van der Waals surface area contributed by atoms with Crippen molar-refractivity contribution in [3.05, 3.63) is 57.4 Å². The van der Waals surface area contributed by atoms with E-state index in [0.29, 0.717) is 28.8 Å². The Morgan fingerprint density at radius 2 is 2.24 bits per heavy atom. The van der Waals surface area contributed by atoms with Crippen LogP contribution in [0.5, 0.6) is 0 Å². The number of pyridine rings is 1. The van der Waals surface area contributed by atoms with E-state index in [1.165, 1.54) is 12.1 Å². The Morgan fingerprint density at radius 1 is 1.38 bits per heavy atom. The minimum atomic E-state index is -0.333. The first-order valence-corrected chi connectivity index (χ1v) is 7.13. The number of fused-ring (bicyclic) bond motifs is 1. The van der Waals surface area contributed by atoms with Gasteiger partial charge in [0, 0.05) is 40.9 Å². The van der Waals surface area contributed by atoms with E-state index in [9.17, 15) is 9.60 Å². The highest BCUT2D eigenvalue weighted by Gasteiger charge is 2.17. The molecule has 2 heterocycles. The van der Waals surface area contributed by atoms with Gasteiger partial charge in [0.25, 0.3) is 0 Å². The molecule has 0 unspecified atom stereocenters. The van der Waals surface area contributed by atoms with E-state index < -0.39 is 0 Å². The molecule has 2 aromatic rings. The standard InChI is InChI=1S/C15H11BrFN3O/c16-10-5-9(6-11(17)8-10)7-14(20-21)12-1-3-18-15-13(12)2-4-19-15/h1,3-6,8,21H,2,7H2/b20-14+. The summed E-state index contributed by atoms with van der Waals surface area (Å²) in [7, 11) is 0. The second-order valence-corrected chi connectivity index (χ2v) is 5.59. The molecule has 1 N–H and O–H groups in total. The SMILES string of the molecule is O/N=C(\Cc1cc(F)cc(Br)c1)c1ccnc2c1CC=N2. The molecule has 0 aliphatic carbocycles. The molecule has 1 aromatic heterocycles. The maximum atomic E-state index is 13.4. The molecule has 0 atom stereocenters. The third-order valence-electron chi connectivity index (χ3n) is 3.27. The topological polar surface area (TPSA) is 57.8 Å². The van der Waals surface area contributed by atoms with Crippen LogP contribution in [0.25, 0.3) is 0 Å². The fourth-order valence-electron chi connectivity index (χ4n) is 2.38. The molecule has 4 nitrogen and oxygen atoms in total. The highest BCUT2D eigenvalue weighted by Crippen LogP contribution is 2.26. The number of nitrogens with zero attached hydrogens (tertiary/aromatic N) is 3. The fraction of sp³-hybridized carbons (Fsp3) is 0.133. The van der Waals surface area contributed by atoms with Crippen LogP contribution in [0.4, 0.5) is 10.2 Å². The summed E-state index contributed by atoms with van der Waals surface area (Å²) < 4.78 is 14.1. The van der Waals surface area contributed by atoms with Crippen LogP contribution in [0.2, 0.25) is 0 Å². The molecule has 106 valence electrons. The van der Waals surface area contributed by atoms with Gasteiger partial charge in [-0.15, -0.1) is 0 Å². The normalized spacial score (nSPS) is 13.5. The first kappa shape index (κ1) is 13.9. The maximum Gasteiger partial charge on any atom is 0.155 e. The van der Waals surface area contributed by atoms with Crippen LogP contribution >= 0.6 is 15.9 Å². The third-order valence-corrected chi connectivity index (χ3v) is 3.73. The van der Waals surface area contributed by atoms with Crippen LogP contribution in [-0.4, -0.2) is 22.1 Å². The highest BCUT2D eigenvalue weighted by atomic mass is 79.9. The molecule has 0 amide bonds. The Kier molecular flexibility index (Phi) is 3.79. The molecular formula is C15H11BrFN3O. The van der Waals surface area contributed by atoms with Crippen molar-refractivity contribution in [3.63, 3.8) is 0 Å². The molecule has 0 bridgehead atoms. The highest BCUT2D eigenvalue weighted by molar-refractivity contribution is 9.10. The molecule has 1 aliphatic rings. The minimum absolute atomic E-state index is 0.323. The molecule has 1 aliphatic heterocycles. The van der Waals surface area contributed by atoms with E-state index in [1.807, 2.05) is 0 Å². The van der Waals surface area contributed by atoms with Crippen LogP contribution in [0.1, 0.15) is 16.7 Å². The van der Waals surface area contributed by atoms with Crippen LogP contribution in [0, 0.1) is 5.82 Å². The molecule has 0 spiro atoms. The number of rotatable bonds is 3. The molecule has 3 rings (SSSR count). The van der Waals surface area contributed by atoms with E-state index in [2.05, 4.69) is 31.1 Å². The molecule has 21 heavy (non-hydrogen) atoms. The Balaban J connectivity index is 1.95. The Labute approximate surface area is 129 Å². The summed E-state index contributed by atoms with van der Waals surface area (Å²) in [5.74, 6) is 0.314. The van der Waals surface area contributed by atoms with Crippen molar-refractivity contribution in [2.75, 3.05) is 0 Å². The molecular weight excluding hydrogens is 337 g/mol. The Bertz CT molecular complexity index is 738. The van der Waals surface area contributed by atoms with Crippen molar-refractivity contribution in [2.24, 2.45) is 10.1 Å². The van der Waals surface area contributed by atoms with Crippen LogP contribution in [-0.2, 0) is 12.8 Å². The van der Waals surface area contributed by atoms with Gasteiger partial charge in [-0.1, -0.05) is 21.1 Å². The number of hydrogen-bond acceptors (Lipinski definition) is 4. The van der Waals surface area contributed by atoms with Gasteiger partial charge < -0.3 is 5.21 Å². The average Bonchev–Trinajstić information content (AvgIpc) is 2.92. The van der Waals surface area contributed by atoms with Crippen molar-refractivity contribution in [1.82, 2.24) is 4.98 Å². The first-order chi connectivity index (χ1) is 10.2. The second kappa shape index (κ2) is 5.73. The van der Waals surface area contributed by atoms with Gasteiger partial charge in [-0.05, 0) is 29.8 Å².